The number of Topliss-reactive ketones (excluding diaryl/α,β-unsaturated/α-hetero) is 1. The third kappa shape index (κ3) is 1.87. The fraction of sp³-hybridized carbons (Fsp3) is 0.846. The number of methoxy groups -OCH3 is 1. The number of esters is 1. The Hall–Kier alpha value is -0.860. The van der Waals surface area contributed by atoms with E-state index < -0.39 is 0 Å². The zero-order chi connectivity index (χ0) is 11.6. The van der Waals surface area contributed by atoms with Crippen LogP contribution in [0.25, 0.3) is 0 Å². The van der Waals surface area contributed by atoms with Gasteiger partial charge in [-0.05, 0) is 31.6 Å². The lowest BCUT2D eigenvalue weighted by Crippen LogP contribution is -2.38. The molecule has 2 atom stereocenters. The van der Waals surface area contributed by atoms with E-state index >= 15 is 0 Å². The van der Waals surface area contributed by atoms with Gasteiger partial charge in [-0.2, -0.15) is 0 Å². The van der Waals surface area contributed by atoms with Crippen LogP contribution >= 0.6 is 0 Å². The van der Waals surface area contributed by atoms with Crippen molar-refractivity contribution in [3.63, 3.8) is 0 Å². The van der Waals surface area contributed by atoms with Crippen LogP contribution in [0, 0.1) is 11.3 Å². The van der Waals surface area contributed by atoms with Crippen molar-refractivity contribution in [2.75, 3.05) is 7.11 Å². The van der Waals surface area contributed by atoms with Gasteiger partial charge in [0.05, 0.1) is 7.11 Å². The van der Waals surface area contributed by atoms with Crippen molar-refractivity contribution in [3.8, 4) is 0 Å². The highest BCUT2D eigenvalue weighted by atomic mass is 16.5. The fourth-order valence-corrected chi connectivity index (χ4v) is 3.54. The van der Waals surface area contributed by atoms with E-state index in [0.29, 0.717) is 12.2 Å². The van der Waals surface area contributed by atoms with Crippen molar-refractivity contribution in [1.29, 1.82) is 0 Å². The second kappa shape index (κ2) is 4.56. The number of hydrogen-bond acceptors (Lipinski definition) is 3. The molecule has 2 unspecified atom stereocenters. The highest BCUT2D eigenvalue weighted by molar-refractivity contribution is 5.86. The SMILES string of the molecule is COC(=O)CC1CCCC12CCCCC2=O. The molecule has 0 aromatic carbocycles. The summed E-state index contributed by atoms with van der Waals surface area (Å²) in [4.78, 5) is 23.5. The van der Waals surface area contributed by atoms with Gasteiger partial charge in [-0.25, -0.2) is 0 Å². The van der Waals surface area contributed by atoms with Crippen molar-refractivity contribution >= 4 is 11.8 Å². The first kappa shape index (κ1) is 11.6. The number of carbonyl (C=O) groups excluding carboxylic acids is 2. The zero-order valence-electron chi connectivity index (χ0n) is 9.96. The van der Waals surface area contributed by atoms with Gasteiger partial charge >= 0.3 is 5.97 Å². The highest BCUT2D eigenvalue weighted by Gasteiger charge is 2.49. The maximum atomic E-state index is 12.1. The van der Waals surface area contributed by atoms with Crippen molar-refractivity contribution in [3.05, 3.63) is 0 Å². The second-order valence-electron chi connectivity index (χ2n) is 5.16. The van der Waals surface area contributed by atoms with Crippen LogP contribution in [0.4, 0.5) is 0 Å². The van der Waals surface area contributed by atoms with Gasteiger partial charge in [-0.3, -0.25) is 9.59 Å². The van der Waals surface area contributed by atoms with E-state index in [2.05, 4.69) is 0 Å². The summed E-state index contributed by atoms with van der Waals surface area (Å²) in [6, 6.07) is 0. The lowest BCUT2D eigenvalue weighted by atomic mass is 9.66. The molecule has 2 rings (SSSR count). The van der Waals surface area contributed by atoms with E-state index in [1.54, 1.807) is 0 Å². The minimum Gasteiger partial charge on any atom is -0.469 e. The Morgan fingerprint density at radius 2 is 2.12 bits per heavy atom. The molecule has 2 saturated carbocycles. The standard InChI is InChI=1S/C13H20O3/c1-16-12(15)9-10-5-4-8-13(10)7-3-2-6-11(13)14/h10H,2-9H2,1H3. The summed E-state index contributed by atoms with van der Waals surface area (Å²) in [5.74, 6) is 0.488. The van der Waals surface area contributed by atoms with Crippen molar-refractivity contribution < 1.29 is 14.3 Å². The maximum absolute atomic E-state index is 12.1. The topological polar surface area (TPSA) is 43.4 Å². The van der Waals surface area contributed by atoms with Crippen LogP contribution in [0.2, 0.25) is 0 Å². The molecule has 1 spiro atoms. The average Bonchev–Trinajstić information content (AvgIpc) is 2.67. The molecule has 2 aliphatic rings. The average molecular weight is 224 g/mol. The van der Waals surface area contributed by atoms with Gasteiger partial charge in [-0.15, -0.1) is 0 Å². The Bertz CT molecular complexity index is 298. The first-order valence-corrected chi connectivity index (χ1v) is 6.29. The minimum atomic E-state index is -0.162. The summed E-state index contributed by atoms with van der Waals surface area (Å²) in [5, 5.41) is 0. The molecule has 16 heavy (non-hydrogen) atoms. The number of hydrogen-bond donors (Lipinski definition) is 0. The van der Waals surface area contributed by atoms with Crippen LogP contribution in [-0.2, 0) is 14.3 Å². The smallest absolute Gasteiger partial charge is 0.305 e. The van der Waals surface area contributed by atoms with Gasteiger partial charge in [0.1, 0.15) is 5.78 Å². The molecule has 2 aliphatic carbocycles. The molecule has 0 aliphatic heterocycles. The van der Waals surface area contributed by atoms with Crippen LogP contribution in [0.1, 0.15) is 51.4 Å². The number of ketones is 1. The molecule has 3 heteroatoms. The molecule has 0 radical (unpaired) electrons. The molecule has 2 fully saturated rings. The van der Waals surface area contributed by atoms with E-state index in [1.807, 2.05) is 0 Å². The Labute approximate surface area is 96.5 Å². The number of carbonyl (C=O) groups is 2. The van der Waals surface area contributed by atoms with Crippen LogP contribution < -0.4 is 0 Å². The summed E-state index contributed by atoms with van der Waals surface area (Å²) in [6.07, 6.45) is 7.42. The zero-order valence-corrected chi connectivity index (χ0v) is 9.96. The first-order valence-electron chi connectivity index (χ1n) is 6.29. The molecule has 0 N–H and O–H groups in total. The van der Waals surface area contributed by atoms with Gasteiger partial charge in [0.15, 0.2) is 0 Å². The third-order valence-corrected chi connectivity index (χ3v) is 4.43. The third-order valence-electron chi connectivity index (χ3n) is 4.43. The van der Waals surface area contributed by atoms with E-state index in [-0.39, 0.29) is 17.3 Å². The van der Waals surface area contributed by atoms with E-state index in [1.165, 1.54) is 7.11 Å². The van der Waals surface area contributed by atoms with Crippen LogP contribution in [0.5, 0.6) is 0 Å². The van der Waals surface area contributed by atoms with Crippen LogP contribution in [-0.4, -0.2) is 18.9 Å². The van der Waals surface area contributed by atoms with Gasteiger partial charge in [0.25, 0.3) is 0 Å². The molecule has 3 nitrogen and oxygen atoms in total. The molecule has 0 amide bonds. The summed E-state index contributed by atoms with van der Waals surface area (Å²) >= 11 is 0. The Morgan fingerprint density at radius 1 is 1.38 bits per heavy atom. The molecule has 0 saturated heterocycles. The molecular formula is C13H20O3. The molecule has 90 valence electrons. The Morgan fingerprint density at radius 3 is 2.81 bits per heavy atom. The predicted molar refractivity (Wildman–Crippen MR) is 59.9 cm³/mol. The highest BCUT2D eigenvalue weighted by Crippen LogP contribution is 2.52. The quantitative estimate of drug-likeness (QED) is 0.677. The Kier molecular flexibility index (Phi) is 3.31. The molecule has 0 aromatic heterocycles. The van der Waals surface area contributed by atoms with Gasteiger partial charge in [-0.1, -0.05) is 12.8 Å². The first-order chi connectivity index (χ1) is 7.69. The summed E-state index contributed by atoms with van der Waals surface area (Å²) in [6.45, 7) is 0. The van der Waals surface area contributed by atoms with E-state index in [0.717, 1.165) is 44.9 Å². The predicted octanol–water partition coefficient (Wildman–Crippen LogP) is 2.48. The fourth-order valence-electron chi connectivity index (χ4n) is 3.54. The largest absolute Gasteiger partial charge is 0.469 e. The Balaban J connectivity index is 2.11. The van der Waals surface area contributed by atoms with Gasteiger partial charge < -0.3 is 4.74 Å². The van der Waals surface area contributed by atoms with Crippen LogP contribution in [0.15, 0.2) is 0 Å². The minimum absolute atomic E-state index is 0.160. The second-order valence-corrected chi connectivity index (χ2v) is 5.16. The number of ether oxygens (including phenoxy) is 1. The summed E-state index contributed by atoms with van der Waals surface area (Å²) in [5.41, 5.74) is -0.160. The molecule has 0 heterocycles. The number of rotatable bonds is 2. The maximum Gasteiger partial charge on any atom is 0.305 e. The molecule has 0 aromatic rings. The monoisotopic (exact) mass is 224 g/mol. The summed E-state index contributed by atoms with van der Waals surface area (Å²) < 4.78 is 4.73. The lowest BCUT2D eigenvalue weighted by molar-refractivity contribution is -0.144. The van der Waals surface area contributed by atoms with Gasteiger partial charge in [0.2, 0.25) is 0 Å². The lowest BCUT2D eigenvalue weighted by Gasteiger charge is -2.37. The van der Waals surface area contributed by atoms with Crippen molar-refractivity contribution in [2.45, 2.75) is 51.4 Å². The molecular weight excluding hydrogens is 204 g/mol. The van der Waals surface area contributed by atoms with Crippen LogP contribution in [0.3, 0.4) is 0 Å². The van der Waals surface area contributed by atoms with E-state index in [4.69, 9.17) is 4.74 Å². The van der Waals surface area contributed by atoms with Gasteiger partial charge in [0, 0.05) is 18.3 Å². The molecule has 0 bridgehead atoms. The normalized spacial score (nSPS) is 34.3. The van der Waals surface area contributed by atoms with E-state index in [9.17, 15) is 9.59 Å². The van der Waals surface area contributed by atoms with Crippen molar-refractivity contribution in [2.24, 2.45) is 11.3 Å². The van der Waals surface area contributed by atoms with Crippen molar-refractivity contribution in [1.82, 2.24) is 0 Å². The summed E-state index contributed by atoms with van der Waals surface area (Å²) in [7, 11) is 1.42.